The number of ether oxygens (including phenoxy) is 1. The van der Waals surface area contributed by atoms with Crippen LogP contribution in [0.2, 0.25) is 0 Å². The van der Waals surface area contributed by atoms with Crippen molar-refractivity contribution in [2.24, 2.45) is 22.4 Å². The number of aromatic nitrogens is 1. The van der Waals surface area contributed by atoms with Crippen molar-refractivity contribution in [1.29, 1.82) is 5.41 Å². The minimum atomic E-state index is -1.13. The van der Waals surface area contributed by atoms with Crippen LogP contribution in [0.25, 0.3) is 0 Å². The molecule has 3 rings (SSSR count). The van der Waals surface area contributed by atoms with Crippen LogP contribution in [0.1, 0.15) is 88.7 Å². The smallest absolute Gasteiger partial charge is 0.349 e. The number of hydrogen-bond donors (Lipinski definition) is 4. The highest BCUT2D eigenvalue weighted by molar-refractivity contribution is 6.23. The first kappa shape index (κ1) is 31.4. The third kappa shape index (κ3) is 8.33. The van der Waals surface area contributed by atoms with E-state index in [4.69, 9.17) is 21.6 Å². The Morgan fingerprint density at radius 2 is 1.82 bits per heavy atom. The van der Waals surface area contributed by atoms with E-state index in [-0.39, 0.29) is 17.7 Å². The predicted molar refractivity (Wildman–Crippen MR) is 145 cm³/mol. The molecule has 2 atom stereocenters. The summed E-state index contributed by atoms with van der Waals surface area (Å²) < 4.78 is 5.16. The molecule has 0 unspecified atom stereocenters. The topological polar surface area (TPSA) is 202 Å². The third-order valence-electron chi connectivity index (χ3n) is 6.83. The maximum Gasteiger partial charge on any atom is 0.349 e. The van der Waals surface area contributed by atoms with Gasteiger partial charge in [-0.05, 0) is 71.4 Å². The summed E-state index contributed by atoms with van der Waals surface area (Å²) in [6.07, 6.45) is 8.29. The molecule has 214 valence electrons. The van der Waals surface area contributed by atoms with Crippen LogP contribution in [-0.4, -0.2) is 74.5 Å². The number of carboxylic acids is 1. The van der Waals surface area contributed by atoms with Gasteiger partial charge in [-0.2, -0.15) is 0 Å². The molecule has 1 aliphatic carbocycles. The summed E-state index contributed by atoms with van der Waals surface area (Å²) >= 11 is 0. The zero-order valence-electron chi connectivity index (χ0n) is 23.1. The molecule has 6 N–H and O–H groups in total. The number of likely N-dealkylation sites (tertiary alicyclic amines) is 1. The van der Waals surface area contributed by atoms with Gasteiger partial charge in [0.2, 0.25) is 11.8 Å². The number of amides is 2. The largest absolute Gasteiger partial charge is 0.479 e. The van der Waals surface area contributed by atoms with Crippen LogP contribution in [0.5, 0.6) is 0 Å². The fraction of sp³-hybridized carbons (Fsp3) is 0.593. The molecule has 1 aromatic rings. The lowest BCUT2D eigenvalue weighted by atomic mass is 9.73. The number of nitrogens with zero attached hydrogens (tertiary/aromatic N) is 3. The van der Waals surface area contributed by atoms with Gasteiger partial charge in [-0.15, -0.1) is 0 Å². The van der Waals surface area contributed by atoms with E-state index in [1.807, 2.05) is 0 Å². The molecule has 2 aliphatic rings. The summed E-state index contributed by atoms with van der Waals surface area (Å²) in [7, 11) is 0. The Hall–Kier alpha value is -3.83. The SMILES string of the molecule is C[C@H](N=CC(=O)OC(C)(C)C)C(=O)N1CCC[C@]1(C(=O)O)C1CCCCC1.N=C(N)c1ccc(C(N)=O)cn1. The van der Waals surface area contributed by atoms with Gasteiger partial charge >= 0.3 is 11.9 Å². The normalized spacial score (nSPS) is 20.6. The molecule has 1 saturated carbocycles. The van der Waals surface area contributed by atoms with Gasteiger partial charge in [-0.3, -0.25) is 25.0 Å². The number of pyridine rings is 1. The summed E-state index contributed by atoms with van der Waals surface area (Å²) in [4.78, 5) is 57.0. The first-order valence-electron chi connectivity index (χ1n) is 13.1. The fourth-order valence-electron chi connectivity index (χ4n) is 5.04. The van der Waals surface area contributed by atoms with Gasteiger partial charge < -0.3 is 26.2 Å². The van der Waals surface area contributed by atoms with Gasteiger partial charge in [0, 0.05) is 12.7 Å². The number of carboxylic acid groups (broad SMARTS) is 1. The van der Waals surface area contributed by atoms with Crippen molar-refractivity contribution in [3.05, 3.63) is 29.6 Å². The molecule has 0 radical (unpaired) electrons. The number of aliphatic imine (C=N–C) groups is 1. The quantitative estimate of drug-likeness (QED) is 0.227. The van der Waals surface area contributed by atoms with Crippen LogP contribution < -0.4 is 11.5 Å². The molecule has 0 aromatic carbocycles. The van der Waals surface area contributed by atoms with E-state index in [2.05, 4.69) is 9.98 Å². The molecule has 12 nitrogen and oxygen atoms in total. The molecule has 0 spiro atoms. The monoisotopic (exact) mass is 544 g/mol. The van der Waals surface area contributed by atoms with Gasteiger partial charge in [0.05, 0.1) is 5.56 Å². The highest BCUT2D eigenvalue weighted by Crippen LogP contribution is 2.43. The van der Waals surface area contributed by atoms with Crippen molar-refractivity contribution >= 4 is 35.8 Å². The van der Waals surface area contributed by atoms with Gasteiger partial charge in [0.1, 0.15) is 34.9 Å². The zero-order valence-corrected chi connectivity index (χ0v) is 23.1. The molecule has 1 saturated heterocycles. The lowest BCUT2D eigenvalue weighted by Crippen LogP contribution is -2.59. The number of nitrogens with two attached hydrogens (primary N) is 2. The number of carbonyl (C=O) groups is 4. The number of nitrogens with one attached hydrogen (secondary N) is 1. The third-order valence-corrected chi connectivity index (χ3v) is 6.83. The molecule has 1 aromatic heterocycles. The minimum Gasteiger partial charge on any atom is -0.479 e. The van der Waals surface area contributed by atoms with Crippen LogP contribution in [0.3, 0.4) is 0 Å². The van der Waals surface area contributed by atoms with Crippen LogP contribution in [0, 0.1) is 11.3 Å². The second-order valence-corrected chi connectivity index (χ2v) is 10.9. The van der Waals surface area contributed by atoms with Gasteiger partial charge in [0.15, 0.2) is 0 Å². The molecule has 2 fully saturated rings. The van der Waals surface area contributed by atoms with E-state index in [0.717, 1.165) is 38.3 Å². The number of amidine groups is 1. The lowest BCUT2D eigenvalue weighted by Gasteiger charge is -2.43. The van der Waals surface area contributed by atoms with Gasteiger partial charge in [-0.1, -0.05) is 19.3 Å². The Morgan fingerprint density at radius 1 is 1.18 bits per heavy atom. The van der Waals surface area contributed by atoms with Gasteiger partial charge in [0.25, 0.3) is 0 Å². The number of hydrogen-bond acceptors (Lipinski definition) is 8. The van der Waals surface area contributed by atoms with Crippen LogP contribution in [-0.2, 0) is 19.1 Å². The molecule has 2 heterocycles. The Bertz CT molecular complexity index is 1060. The van der Waals surface area contributed by atoms with Crippen LogP contribution in [0.15, 0.2) is 23.3 Å². The highest BCUT2D eigenvalue weighted by Gasteiger charge is 2.55. The molecule has 1 aliphatic heterocycles. The van der Waals surface area contributed by atoms with Crippen LogP contribution >= 0.6 is 0 Å². The minimum absolute atomic E-state index is 0.0164. The summed E-state index contributed by atoms with van der Waals surface area (Å²) in [5.74, 6) is -2.55. The van der Waals surface area contributed by atoms with E-state index in [0.29, 0.717) is 30.6 Å². The average Bonchev–Trinajstić information content (AvgIpc) is 3.33. The van der Waals surface area contributed by atoms with E-state index in [9.17, 15) is 24.3 Å². The Labute approximate surface area is 228 Å². The Morgan fingerprint density at radius 3 is 2.31 bits per heavy atom. The first-order valence-corrected chi connectivity index (χ1v) is 13.1. The maximum atomic E-state index is 13.0. The molecule has 0 bridgehead atoms. The summed E-state index contributed by atoms with van der Waals surface area (Å²) in [6, 6.07) is 2.13. The van der Waals surface area contributed by atoms with Crippen molar-refractivity contribution in [1.82, 2.24) is 9.88 Å². The lowest BCUT2D eigenvalue weighted by molar-refractivity contribution is -0.162. The average molecular weight is 545 g/mol. The van der Waals surface area contributed by atoms with E-state index in [1.165, 1.54) is 23.2 Å². The standard InChI is InChI=1S/C20H32N2O5.C7H8N4O/c1-14(21-13-16(23)27-19(2,3)4)17(24)22-12-8-11-20(22,18(25)26)15-9-6-5-7-10-15;8-6(9)5-2-1-4(3-11-5)7(10)12/h13-15H,5-12H2,1-4H3,(H,25,26);1-3H,(H3,8,9)(H2,10,12)/t14-,20+;/m0./s1. The van der Waals surface area contributed by atoms with Crippen molar-refractivity contribution in [3.8, 4) is 0 Å². The number of primary amides is 1. The maximum absolute atomic E-state index is 13.0. The van der Waals surface area contributed by atoms with Crippen molar-refractivity contribution < 1.29 is 29.0 Å². The Balaban J connectivity index is 0.000000370. The number of rotatable bonds is 7. The molecule has 12 heteroatoms. The summed E-state index contributed by atoms with van der Waals surface area (Å²) in [6.45, 7) is 7.28. The fourth-order valence-corrected chi connectivity index (χ4v) is 5.04. The van der Waals surface area contributed by atoms with E-state index < -0.39 is 35.0 Å². The number of carbonyl (C=O) groups excluding carboxylic acids is 3. The molecule has 2 amide bonds. The zero-order chi connectivity index (χ0) is 29.4. The second kappa shape index (κ2) is 13.3. The van der Waals surface area contributed by atoms with Crippen molar-refractivity contribution in [3.63, 3.8) is 0 Å². The summed E-state index contributed by atoms with van der Waals surface area (Å²) in [5, 5.41) is 17.1. The Kier molecular flexibility index (Phi) is 10.7. The first-order chi connectivity index (χ1) is 18.2. The molecular weight excluding hydrogens is 504 g/mol. The predicted octanol–water partition coefficient (Wildman–Crippen LogP) is 2.28. The number of nitrogen functional groups attached to an aromatic ring is 1. The molecule has 39 heavy (non-hydrogen) atoms. The second-order valence-electron chi connectivity index (χ2n) is 10.9. The highest BCUT2D eigenvalue weighted by atomic mass is 16.6. The van der Waals surface area contributed by atoms with Gasteiger partial charge in [-0.25, -0.2) is 9.59 Å². The van der Waals surface area contributed by atoms with E-state index >= 15 is 0 Å². The van der Waals surface area contributed by atoms with Crippen molar-refractivity contribution in [2.75, 3.05) is 6.54 Å². The van der Waals surface area contributed by atoms with Crippen molar-refractivity contribution in [2.45, 2.75) is 89.8 Å². The summed E-state index contributed by atoms with van der Waals surface area (Å²) in [5.41, 5.74) is 8.99. The number of esters is 1. The molecular formula is C27H40N6O6. The number of aliphatic carboxylic acids is 1. The van der Waals surface area contributed by atoms with E-state index in [1.54, 1.807) is 27.7 Å². The van der Waals surface area contributed by atoms with Crippen LogP contribution in [0.4, 0.5) is 0 Å².